The normalized spacial score (nSPS) is 20.6. The largest absolute Gasteiger partial charge is 0.504 e. The minimum Gasteiger partial charge on any atom is -0.504 e. The number of hydrogen-bond acceptors (Lipinski definition) is 6. The van der Waals surface area contributed by atoms with Gasteiger partial charge in [-0.25, -0.2) is 0 Å². The van der Waals surface area contributed by atoms with Gasteiger partial charge in [-0.15, -0.1) is 0 Å². The Hall–Kier alpha value is -2.24. The molecule has 1 aromatic rings. The number of phenolic OH excluding ortho intramolecular Hbond substituents is 1. The summed E-state index contributed by atoms with van der Waals surface area (Å²) in [6, 6.07) is 5.26. The average Bonchev–Trinajstić information content (AvgIpc) is 2.73. The number of aromatic hydroxyl groups is 1. The van der Waals surface area contributed by atoms with Crippen molar-refractivity contribution in [1.29, 1.82) is 0 Å². The van der Waals surface area contributed by atoms with E-state index in [2.05, 4.69) is 13.8 Å². The maximum absolute atomic E-state index is 12.0. The van der Waals surface area contributed by atoms with Gasteiger partial charge in [0.1, 0.15) is 12.2 Å². The fourth-order valence-electron chi connectivity index (χ4n) is 5.37. The number of benzene rings is 1. The first kappa shape index (κ1) is 28.0. The van der Waals surface area contributed by atoms with Crippen LogP contribution in [0.2, 0.25) is 0 Å². The predicted molar refractivity (Wildman–Crippen MR) is 133 cm³/mol. The molecule has 192 valence electrons. The van der Waals surface area contributed by atoms with Crippen LogP contribution in [0.3, 0.4) is 0 Å². The molecule has 0 radical (unpaired) electrons. The summed E-state index contributed by atoms with van der Waals surface area (Å²) in [6.45, 7) is 7.43. The van der Waals surface area contributed by atoms with E-state index >= 15 is 0 Å². The zero-order chi connectivity index (χ0) is 25.1. The van der Waals surface area contributed by atoms with Gasteiger partial charge in [0.05, 0.1) is 7.11 Å². The lowest BCUT2D eigenvalue weighted by atomic mass is 9.77. The number of phenols is 1. The van der Waals surface area contributed by atoms with Gasteiger partial charge in [0, 0.05) is 20.3 Å². The second-order valence-corrected chi connectivity index (χ2v) is 10.3. The molecule has 4 atom stereocenters. The Morgan fingerprint density at radius 1 is 1.06 bits per heavy atom. The molecule has 6 heteroatoms. The minimum atomic E-state index is -0.351. The second kappa shape index (κ2) is 14.2. The van der Waals surface area contributed by atoms with Crippen LogP contribution in [0.15, 0.2) is 18.2 Å². The molecule has 1 N–H and O–H groups in total. The lowest BCUT2D eigenvalue weighted by molar-refractivity contribution is -0.156. The summed E-state index contributed by atoms with van der Waals surface area (Å²) >= 11 is 0. The van der Waals surface area contributed by atoms with E-state index in [0.717, 1.165) is 24.8 Å². The molecule has 0 amide bonds. The van der Waals surface area contributed by atoms with Crippen molar-refractivity contribution in [2.75, 3.05) is 7.11 Å². The van der Waals surface area contributed by atoms with Crippen molar-refractivity contribution >= 4 is 11.9 Å². The van der Waals surface area contributed by atoms with Gasteiger partial charge in [-0.1, -0.05) is 45.6 Å². The highest BCUT2D eigenvalue weighted by Crippen LogP contribution is 2.35. The molecule has 0 saturated heterocycles. The van der Waals surface area contributed by atoms with Gasteiger partial charge in [0.25, 0.3) is 0 Å². The highest BCUT2D eigenvalue weighted by atomic mass is 16.6. The molecule has 0 spiro atoms. The molecule has 1 saturated carbocycles. The number of ether oxygens (including phenoxy) is 3. The lowest BCUT2D eigenvalue weighted by Gasteiger charge is -2.34. The smallest absolute Gasteiger partial charge is 0.302 e. The number of carbonyl (C=O) groups is 2. The van der Waals surface area contributed by atoms with Crippen molar-refractivity contribution in [2.45, 2.75) is 104 Å². The number of aryl methyl sites for hydroxylation is 1. The SMILES string of the molecule is COc1cc(CC[C@H](C[C@@H](OC(C)=O)[C@@H]2CCCCC[C@@H](CC(C)C)C2)OC(C)=O)ccc1O. The van der Waals surface area contributed by atoms with E-state index in [1.165, 1.54) is 46.6 Å². The van der Waals surface area contributed by atoms with Crippen LogP contribution < -0.4 is 4.74 Å². The van der Waals surface area contributed by atoms with E-state index in [4.69, 9.17) is 14.2 Å². The highest BCUT2D eigenvalue weighted by molar-refractivity contribution is 5.66. The number of methoxy groups -OCH3 is 1. The van der Waals surface area contributed by atoms with Crippen molar-refractivity contribution in [3.63, 3.8) is 0 Å². The Morgan fingerprint density at radius 3 is 2.41 bits per heavy atom. The second-order valence-electron chi connectivity index (χ2n) is 10.3. The summed E-state index contributed by atoms with van der Waals surface area (Å²) in [5, 5.41) is 9.85. The summed E-state index contributed by atoms with van der Waals surface area (Å²) in [7, 11) is 1.52. The highest BCUT2D eigenvalue weighted by Gasteiger charge is 2.31. The molecule has 0 bridgehead atoms. The van der Waals surface area contributed by atoms with E-state index in [1.807, 2.05) is 6.07 Å². The van der Waals surface area contributed by atoms with Crippen LogP contribution in [-0.2, 0) is 25.5 Å². The molecule has 0 aromatic heterocycles. The van der Waals surface area contributed by atoms with Gasteiger partial charge in [-0.3, -0.25) is 9.59 Å². The van der Waals surface area contributed by atoms with E-state index in [-0.39, 0.29) is 35.8 Å². The molecule has 0 unspecified atom stereocenters. The zero-order valence-corrected chi connectivity index (χ0v) is 21.7. The summed E-state index contributed by atoms with van der Waals surface area (Å²) in [6.07, 6.45) is 9.30. The molecule has 1 fully saturated rings. The van der Waals surface area contributed by atoms with Crippen LogP contribution in [0.4, 0.5) is 0 Å². The van der Waals surface area contributed by atoms with E-state index < -0.39 is 0 Å². The standard InChI is InChI=1S/C28H44O6/c1-19(2)15-23-9-7-6-8-10-24(16-23)27(34-21(4)30)18-25(33-20(3)29)13-11-22-12-14-26(31)28(17-22)32-5/h12,14,17,19,23-25,27,31H,6-11,13,15-16,18H2,1-5H3/t23-,24+,25+,27+/m0/s1. The van der Waals surface area contributed by atoms with Gasteiger partial charge in [-0.2, -0.15) is 0 Å². The van der Waals surface area contributed by atoms with Gasteiger partial charge in [-0.05, 0) is 67.6 Å². The monoisotopic (exact) mass is 476 g/mol. The molecule has 0 heterocycles. The van der Waals surface area contributed by atoms with Crippen LogP contribution in [0, 0.1) is 17.8 Å². The Balaban J connectivity index is 2.15. The lowest BCUT2D eigenvalue weighted by Crippen LogP contribution is -2.34. The summed E-state index contributed by atoms with van der Waals surface area (Å²) in [5.41, 5.74) is 0.985. The fraction of sp³-hybridized carbons (Fsp3) is 0.714. The Kier molecular flexibility index (Phi) is 11.7. The van der Waals surface area contributed by atoms with E-state index in [1.54, 1.807) is 12.1 Å². The van der Waals surface area contributed by atoms with Crippen LogP contribution in [0.5, 0.6) is 11.5 Å². The van der Waals surface area contributed by atoms with Gasteiger partial charge in [0.15, 0.2) is 11.5 Å². The molecule has 6 nitrogen and oxygen atoms in total. The molecule has 1 aliphatic carbocycles. The van der Waals surface area contributed by atoms with Gasteiger partial charge >= 0.3 is 11.9 Å². The van der Waals surface area contributed by atoms with Gasteiger partial charge in [0.2, 0.25) is 0 Å². The molecular formula is C28H44O6. The third-order valence-corrected chi connectivity index (χ3v) is 6.80. The third-order valence-electron chi connectivity index (χ3n) is 6.80. The molecule has 34 heavy (non-hydrogen) atoms. The van der Waals surface area contributed by atoms with Crippen molar-refractivity contribution in [3.8, 4) is 11.5 Å². The van der Waals surface area contributed by atoms with E-state index in [9.17, 15) is 14.7 Å². The molecule has 2 rings (SSSR count). The van der Waals surface area contributed by atoms with Crippen LogP contribution >= 0.6 is 0 Å². The zero-order valence-electron chi connectivity index (χ0n) is 21.7. The average molecular weight is 477 g/mol. The number of hydrogen-bond donors (Lipinski definition) is 1. The van der Waals surface area contributed by atoms with Crippen molar-refractivity contribution in [2.24, 2.45) is 17.8 Å². The topological polar surface area (TPSA) is 82.1 Å². The molecule has 0 aliphatic heterocycles. The van der Waals surface area contributed by atoms with E-state index in [0.29, 0.717) is 36.8 Å². The van der Waals surface area contributed by atoms with Crippen LogP contribution in [-0.4, -0.2) is 36.4 Å². The first-order valence-electron chi connectivity index (χ1n) is 12.9. The van der Waals surface area contributed by atoms with Crippen molar-refractivity contribution in [1.82, 2.24) is 0 Å². The molecule has 1 aliphatic rings. The fourth-order valence-corrected chi connectivity index (χ4v) is 5.37. The summed E-state index contributed by atoms with van der Waals surface area (Å²) < 4.78 is 16.8. The quantitative estimate of drug-likeness (QED) is 0.382. The van der Waals surface area contributed by atoms with Crippen LogP contribution in [0.25, 0.3) is 0 Å². The van der Waals surface area contributed by atoms with Crippen LogP contribution in [0.1, 0.15) is 91.0 Å². The van der Waals surface area contributed by atoms with Gasteiger partial charge < -0.3 is 19.3 Å². The number of esters is 2. The number of carbonyl (C=O) groups excluding carboxylic acids is 2. The predicted octanol–water partition coefficient (Wildman–Crippen LogP) is 6.22. The Bertz CT molecular complexity index is 774. The van der Waals surface area contributed by atoms with Crippen molar-refractivity contribution in [3.05, 3.63) is 23.8 Å². The Labute approximate surface area is 205 Å². The maximum atomic E-state index is 12.0. The summed E-state index contributed by atoms with van der Waals surface area (Å²) in [4.78, 5) is 23.9. The minimum absolute atomic E-state index is 0.0953. The first-order chi connectivity index (χ1) is 16.2. The molecular weight excluding hydrogens is 432 g/mol. The summed E-state index contributed by atoms with van der Waals surface area (Å²) in [5.74, 6) is 1.47. The first-order valence-corrected chi connectivity index (χ1v) is 12.9. The van der Waals surface area contributed by atoms with Crippen molar-refractivity contribution < 1.29 is 28.9 Å². The third kappa shape index (κ3) is 9.94. The number of rotatable bonds is 11. The Morgan fingerprint density at radius 2 is 1.76 bits per heavy atom. The maximum Gasteiger partial charge on any atom is 0.302 e. The molecule has 1 aromatic carbocycles.